The summed E-state index contributed by atoms with van der Waals surface area (Å²) in [5.41, 5.74) is 1.32. The highest BCUT2D eigenvalue weighted by atomic mass is 32.1. The Morgan fingerprint density at radius 1 is 1.14 bits per heavy atom. The van der Waals surface area contributed by atoms with Crippen LogP contribution in [0.25, 0.3) is 11.3 Å². The molecule has 4 aliphatic rings. The first-order valence-electron chi connectivity index (χ1n) is 13.4. The molecule has 0 saturated carbocycles. The third-order valence-electron chi connectivity index (χ3n) is 8.80. The Morgan fingerprint density at radius 3 is 2.64 bits per heavy atom. The van der Waals surface area contributed by atoms with Gasteiger partial charge >= 0.3 is 5.97 Å². The molecule has 6 nitrogen and oxygen atoms in total. The molecule has 1 aromatic carbocycles. The van der Waals surface area contributed by atoms with E-state index in [1.807, 2.05) is 36.4 Å². The Balaban J connectivity index is 1.19. The SMILES string of the molecule is CC(C(=O)O[C@H]1C[N+]2(Cc3cc(-c4ccccc4)on3)CCC1CC2)(c1cccs1)N1CCCCC1. The molecule has 4 saturated heterocycles. The Bertz CT molecular complexity index is 1160. The zero-order valence-corrected chi connectivity index (χ0v) is 21.9. The summed E-state index contributed by atoms with van der Waals surface area (Å²) in [5.74, 6) is 1.20. The highest BCUT2D eigenvalue weighted by Gasteiger charge is 2.51. The van der Waals surface area contributed by atoms with Crippen molar-refractivity contribution >= 4 is 17.3 Å². The van der Waals surface area contributed by atoms with Crippen molar-refractivity contribution < 1.29 is 18.5 Å². The molecule has 4 aliphatic heterocycles. The maximum Gasteiger partial charge on any atom is 0.332 e. The van der Waals surface area contributed by atoms with E-state index >= 15 is 0 Å². The maximum absolute atomic E-state index is 13.9. The summed E-state index contributed by atoms with van der Waals surface area (Å²) in [6.07, 6.45) is 5.68. The molecule has 0 aliphatic carbocycles. The van der Waals surface area contributed by atoms with E-state index in [9.17, 15) is 4.79 Å². The number of carbonyl (C=O) groups excluding carboxylic acids is 1. The number of carbonyl (C=O) groups is 1. The van der Waals surface area contributed by atoms with Crippen LogP contribution in [0.15, 0.2) is 58.4 Å². The molecule has 7 heteroatoms. The lowest BCUT2D eigenvalue weighted by Crippen LogP contribution is -2.64. The fraction of sp³-hybridized carbons (Fsp3) is 0.517. The van der Waals surface area contributed by atoms with Gasteiger partial charge in [-0.05, 0) is 44.3 Å². The normalized spacial score (nSPS) is 28.0. The maximum atomic E-state index is 13.9. The van der Waals surface area contributed by atoms with Gasteiger partial charge in [-0.25, -0.2) is 4.79 Å². The number of benzene rings is 1. The molecule has 0 spiro atoms. The van der Waals surface area contributed by atoms with E-state index < -0.39 is 5.54 Å². The number of likely N-dealkylation sites (tertiary alicyclic amines) is 1. The van der Waals surface area contributed by atoms with Gasteiger partial charge in [-0.2, -0.15) is 0 Å². The number of piperidine rings is 4. The lowest BCUT2D eigenvalue weighted by molar-refractivity contribution is -0.958. The Labute approximate surface area is 217 Å². The average Bonchev–Trinajstić information content (AvgIpc) is 3.63. The van der Waals surface area contributed by atoms with Crippen molar-refractivity contribution in [2.45, 2.75) is 57.2 Å². The fourth-order valence-corrected chi connectivity index (χ4v) is 7.48. The molecular formula is C29H36N3O3S+. The van der Waals surface area contributed by atoms with Crippen LogP contribution in [0.3, 0.4) is 0 Å². The third kappa shape index (κ3) is 4.42. The highest BCUT2D eigenvalue weighted by molar-refractivity contribution is 7.10. The van der Waals surface area contributed by atoms with Crippen molar-refractivity contribution in [1.82, 2.24) is 10.1 Å². The average molecular weight is 507 g/mol. The number of esters is 1. The number of thiophene rings is 1. The first kappa shape index (κ1) is 23.9. The van der Waals surface area contributed by atoms with E-state index in [2.05, 4.69) is 34.5 Å². The van der Waals surface area contributed by atoms with Crippen LogP contribution < -0.4 is 0 Å². The number of fused-ring (bicyclic) bond motifs is 3. The van der Waals surface area contributed by atoms with Crippen molar-refractivity contribution in [2.75, 3.05) is 32.7 Å². The van der Waals surface area contributed by atoms with E-state index in [4.69, 9.17) is 9.26 Å². The molecule has 3 aromatic rings. The summed E-state index contributed by atoms with van der Waals surface area (Å²) >= 11 is 1.67. The van der Waals surface area contributed by atoms with Gasteiger partial charge in [0.2, 0.25) is 0 Å². The molecule has 190 valence electrons. The van der Waals surface area contributed by atoms with E-state index in [1.54, 1.807) is 11.3 Å². The van der Waals surface area contributed by atoms with Gasteiger partial charge in [0, 0.05) is 35.3 Å². The van der Waals surface area contributed by atoms with Gasteiger partial charge in [0.05, 0.1) is 13.1 Å². The summed E-state index contributed by atoms with van der Waals surface area (Å²) in [7, 11) is 0. The summed E-state index contributed by atoms with van der Waals surface area (Å²) in [4.78, 5) is 17.4. The Hall–Kier alpha value is -2.48. The molecule has 1 unspecified atom stereocenters. The van der Waals surface area contributed by atoms with Crippen molar-refractivity contribution in [3.05, 3.63) is 64.5 Å². The Morgan fingerprint density at radius 2 is 1.92 bits per heavy atom. The number of ether oxygens (including phenoxy) is 1. The number of nitrogens with zero attached hydrogens (tertiary/aromatic N) is 3. The van der Waals surface area contributed by atoms with Gasteiger partial charge in [0.25, 0.3) is 0 Å². The number of hydrogen-bond acceptors (Lipinski definition) is 6. The molecular weight excluding hydrogens is 470 g/mol. The lowest BCUT2D eigenvalue weighted by atomic mass is 9.82. The fourth-order valence-electron chi connectivity index (χ4n) is 6.58. The topological polar surface area (TPSA) is 55.6 Å². The first-order chi connectivity index (χ1) is 17.6. The third-order valence-corrected chi connectivity index (χ3v) is 9.88. The van der Waals surface area contributed by atoms with Crippen LogP contribution in [0.5, 0.6) is 0 Å². The standard InChI is InChI=1S/C29H36N3O3S/c1-29(27-11-8-18-36-27,31-14-6-3-7-15-31)28(33)34-26-21-32(16-12-23(26)13-17-32)20-24-19-25(35-30-24)22-9-4-2-5-10-22/h2,4-5,8-11,18-19,23,26H,3,6-7,12-17,20-21H2,1H3/q+1/t23?,26-,29?,32?/m0/s1. The second kappa shape index (κ2) is 9.77. The molecule has 36 heavy (non-hydrogen) atoms. The smallest absolute Gasteiger partial charge is 0.332 e. The minimum Gasteiger partial charge on any atom is -0.454 e. The summed E-state index contributed by atoms with van der Waals surface area (Å²) in [6.45, 7) is 7.90. The van der Waals surface area contributed by atoms with Gasteiger partial charge < -0.3 is 13.7 Å². The van der Waals surface area contributed by atoms with Crippen LogP contribution >= 0.6 is 11.3 Å². The first-order valence-corrected chi connectivity index (χ1v) is 14.3. The molecule has 2 bridgehead atoms. The van der Waals surface area contributed by atoms with E-state index in [0.717, 1.165) is 91.3 Å². The quantitative estimate of drug-likeness (QED) is 0.315. The van der Waals surface area contributed by atoms with Crippen molar-refractivity contribution in [1.29, 1.82) is 0 Å². The number of rotatable bonds is 7. The zero-order valence-electron chi connectivity index (χ0n) is 21.1. The highest BCUT2D eigenvalue weighted by Crippen LogP contribution is 2.40. The molecule has 7 rings (SSSR count). The monoisotopic (exact) mass is 506 g/mol. The summed E-state index contributed by atoms with van der Waals surface area (Å²) < 4.78 is 13.1. The molecule has 0 radical (unpaired) electrons. The zero-order chi connectivity index (χ0) is 24.6. The van der Waals surface area contributed by atoms with Crippen LogP contribution in [-0.4, -0.2) is 59.3 Å². The second-order valence-corrected chi connectivity index (χ2v) is 12.0. The van der Waals surface area contributed by atoms with Gasteiger partial charge in [-0.15, -0.1) is 11.3 Å². The predicted octanol–water partition coefficient (Wildman–Crippen LogP) is 5.46. The van der Waals surface area contributed by atoms with Crippen LogP contribution in [0.1, 0.15) is 49.6 Å². The van der Waals surface area contributed by atoms with E-state index in [1.165, 1.54) is 6.42 Å². The molecule has 2 aromatic heterocycles. The van der Waals surface area contributed by atoms with Crippen molar-refractivity contribution in [3.63, 3.8) is 0 Å². The predicted molar refractivity (Wildman–Crippen MR) is 140 cm³/mol. The van der Waals surface area contributed by atoms with Crippen molar-refractivity contribution in [3.8, 4) is 11.3 Å². The van der Waals surface area contributed by atoms with Crippen LogP contribution in [0, 0.1) is 5.92 Å². The van der Waals surface area contributed by atoms with Crippen molar-refractivity contribution in [2.24, 2.45) is 5.92 Å². The number of aromatic nitrogens is 1. The van der Waals surface area contributed by atoms with Gasteiger partial charge in [-0.3, -0.25) is 4.90 Å². The molecule has 0 N–H and O–H groups in total. The largest absolute Gasteiger partial charge is 0.454 e. The minimum atomic E-state index is -0.706. The van der Waals surface area contributed by atoms with Crippen LogP contribution in [0.2, 0.25) is 0 Å². The van der Waals surface area contributed by atoms with E-state index in [0.29, 0.717) is 5.92 Å². The lowest BCUT2D eigenvalue weighted by Gasteiger charge is -2.52. The van der Waals surface area contributed by atoms with Gasteiger partial charge in [-0.1, -0.05) is 48.0 Å². The Kier molecular flexibility index (Phi) is 6.48. The molecule has 4 fully saturated rings. The van der Waals surface area contributed by atoms with Gasteiger partial charge in [0.15, 0.2) is 17.4 Å². The second-order valence-electron chi connectivity index (χ2n) is 11.1. The van der Waals surface area contributed by atoms with Gasteiger partial charge in [0.1, 0.15) is 18.8 Å². The van der Waals surface area contributed by atoms with Crippen LogP contribution in [0.4, 0.5) is 0 Å². The number of hydrogen-bond donors (Lipinski definition) is 0. The van der Waals surface area contributed by atoms with Crippen LogP contribution in [-0.2, 0) is 21.6 Å². The molecule has 2 atom stereocenters. The summed E-state index contributed by atoms with van der Waals surface area (Å²) in [5, 5.41) is 6.48. The van der Waals surface area contributed by atoms with E-state index in [-0.39, 0.29) is 12.1 Å². The molecule has 0 amide bonds. The summed E-state index contributed by atoms with van der Waals surface area (Å²) in [6, 6.07) is 16.4. The molecule has 6 heterocycles. The number of quaternary nitrogens is 1. The minimum absolute atomic E-state index is 0.0374.